The van der Waals surface area contributed by atoms with E-state index >= 15 is 0 Å². The van der Waals surface area contributed by atoms with Gasteiger partial charge in [0, 0.05) is 13.2 Å². The molecule has 5 nitrogen and oxygen atoms in total. The zero-order valence-electron chi connectivity index (χ0n) is 8.39. The molecule has 1 N–H and O–H groups in total. The van der Waals surface area contributed by atoms with Crippen LogP contribution in [0.1, 0.15) is 5.56 Å². The van der Waals surface area contributed by atoms with E-state index in [0.717, 1.165) is 10.4 Å². The van der Waals surface area contributed by atoms with Crippen molar-refractivity contribution < 1.29 is 0 Å². The van der Waals surface area contributed by atoms with E-state index in [1.54, 1.807) is 25.0 Å². The van der Waals surface area contributed by atoms with E-state index in [9.17, 15) is 4.79 Å². The molecule has 2 aromatic rings. The summed E-state index contributed by atoms with van der Waals surface area (Å²) in [6.07, 6.45) is 3.35. The number of nitrogens with zero attached hydrogens (tertiary/aromatic N) is 3. The number of aryl methyl sites for hydroxylation is 1. The number of hydrogen-bond acceptors (Lipinski definition) is 5. The van der Waals surface area contributed by atoms with E-state index in [1.807, 2.05) is 6.92 Å². The van der Waals surface area contributed by atoms with Crippen molar-refractivity contribution in [3.8, 4) is 10.4 Å². The van der Waals surface area contributed by atoms with Gasteiger partial charge >= 0.3 is 0 Å². The molecule has 0 amide bonds. The van der Waals surface area contributed by atoms with Gasteiger partial charge in [-0.05, 0) is 12.5 Å². The lowest BCUT2D eigenvalue weighted by Crippen LogP contribution is -2.30. The van der Waals surface area contributed by atoms with Crippen LogP contribution >= 0.6 is 11.3 Å². The third kappa shape index (κ3) is 1.63. The van der Waals surface area contributed by atoms with E-state index in [4.69, 9.17) is 0 Å². The first-order chi connectivity index (χ1) is 7.24. The fourth-order valence-corrected chi connectivity index (χ4v) is 2.06. The van der Waals surface area contributed by atoms with Gasteiger partial charge in [-0.15, -0.1) is 16.1 Å². The number of thiazole rings is 1. The monoisotopic (exact) mass is 222 g/mol. The minimum atomic E-state index is -0.151. The van der Waals surface area contributed by atoms with Gasteiger partial charge in [0.05, 0.1) is 22.1 Å². The van der Waals surface area contributed by atoms with Gasteiger partial charge in [0.15, 0.2) is 0 Å². The summed E-state index contributed by atoms with van der Waals surface area (Å²) >= 11 is 1.44. The average molecular weight is 222 g/mol. The van der Waals surface area contributed by atoms with Crippen LogP contribution < -0.4 is 11.0 Å². The van der Waals surface area contributed by atoms with E-state index in [-0.39, 0.29) is 5.56 Å². The van der Waals surface area contributed by atoms with Crippen LogP contribution in [-0.2, 0) is 0 Å². The highest BCUT2D eigenvalue weighted by Gasteiger charge is 2.11. The van der Waals surface area contributed by atoms with Gasteiger partial charge in [0.2, 0.25) is 0 Å². The minimum absolute atomic E-state index is 0.151. The lowest BCUT2D eigenvalue weighted by Gasteiger charge is -2.06. The second kappa shape index (κ2) is 3.82. The molecule has 0 atom stereocenters. The van der Waals surface area contributed by atoms with Crippen LogP contribution in [0.4, 0.5) is 0 Å². The quantitative estimate of drug-likeness (QED) is 0.818. The molecule has 6 heteroatoms. The maximum atomic E-state index is 11.9. The van der Waals surface area contributed by atoms with Crippen molar-refractivity contribution in [1.29, 1.82) is 0 Å². The predicted octanol–water partition coefficient (Wildman–Crippen LogP) is 0.849. The predicted molar refractivity (Wildman–Crippen MR) is 59.6 cm³/mol. The summed E-state index contributed by atoms with van der Waals surface area (Å²) < 4.78 is 0. The van der Waals surface area contributed by atoms with Crippen LogP contribution in [0.25, 0.3) is 10.4 Å². The van der Waals surface area contributed by atoms with Crippen molar-refractivity contribution in [3.63, 3.8) is 0 Å². The minimum Gasteiger partial charge on any atom is -0.309 e. The van der Waals surface area contributed by atoms with E-state index < -0.39 is 0 Å². The topological polar surface area (TPSA) is 59.8 Å². The molecule has 0 aliphatic rings. The Balaban J connectivity index is 2.70. The highest BCUT2D eigenvalue weighted by molar-refractivity contribution is 7.13. The first kappa shape index (κ1) is 9.85. The van der Waals surface area contributed by atoms with Gasteiger partial charge in [-0.2, -0.15) is 5.10 Å². The van der Waals surface area contributed by atoms with Crippen molar-refractivity contribution >= 4 is 11.3 Å². The molecule has 0 radical (unpaired) electrons. The van der Waals surface area contributed by atoms with Crippen LogP contribution in [-0.4, -0.2) is 21.9 Å². The third-order valence-electron chi connectivity index (χ3n) is 2.06. The molecule has 0 aliphatic carbocycles. The number of nitrogens with one attached hydrogen (secondary N) is 1. The molecule has 0 spiro atoms. The summed E-state index contributed by atoms with van der Waals surface area (Å²) in [5.74, 6) is 0. The summed E-state index contributed by atoms with van der Waals surface area (Å²) in [6.45, 7) is 1.86. The normalized spacial score (nSPS) is 10.3. The van der Waals surface area contributed by atoms with E-state index in [2.05, 4.69) is 15.5 Å². The maximum Gasteiger partial charge on any atom is 0.294 e. The molecule has 2 heterocycles. The molecule has 0 aliphatic heterocycles. The Morgan fingerprint density at radius 2 is 2.27 bits per heavy atom. The van der Waals surface area contributed by atoms with E-state index in [1.165, 1.54) is 16.1 Å². The molecule has 0 unspecified atom stereocenters. The Bertz CT molecular complexity index is 517. The van der Waals surface area contributed by atoms with Gasteiger partial charge in [0.25, 0.3) is 5.56 Å². The average Bonchev–Trinajstić information content (AvgIpc) is 2.71. The van der Waals surface area contributed by atoms with Crippen LogP contribution in [0.5, 0.6) is 0 Å². The van der Waals surface area contributed by atoms with Crippen LogP contribution in [0.15, 0.2) is 22.7 Å². The van der Waals surface area contributed by atoms with Crippen molar-refractivity contribution in [1.82, 2.24) is 14.9 Å². The van der Waals surface area contributed by atoms with Crippen molar-refractivity contribution in [2.75, 3.05) is 12.5 Å². The van der Waals surface area contributed by atoms with Gasteiger partial charge < -0.3 is 5.43 Å². The van der Waals surface area contributed by atoms with Gasteiger partial charge in [-0.3, -0.25) is 9.78 Å². The Morgan fingerprint density at radius 3 is 2.87 bits per heavy atom. The summed E-state index contributed by atoms with van der Waals surface area (Å²) in [7, 11) is 1.65. The van der Waals surface area contributed by atoms with Gasteiger partial charge in [-0.1, -0.05) is 0 Å². The lowest BCUT2D eigenvalue weighted by atomic mass is 10.2. The highest BCUT2D eigenvalue weighted by Crippen LogP contribution is 2.21. The summed E-state index contributed by atoms with van der Waals surface area (Å²) in [5.41, 5.74) is 5.77. The Hall–Kier alpha value is -1.69. The Labute approximate surface area is 90.4 Å². The van der Waals surface area contributed by atoms with Crippen molar-refractivity contribution in [2.24, 2.45) is 0 Å². The van der Waals surface area contributed by atoms with Crippen molar-refractivity contribution in [3.05, 3.63) is 33.8 Å². The number of aromatic nitrogens is 3. The number of rotatable bonds is 2. The van der Waals surface area contributed by atoms with Crippen LogP contribution in [0, 0.1) is 6.92 Å². The highest BCUT2D eigenvalue weighted by atomic mass is 32.1. The van der Waals surface area contributed by atoms with Crippen LogP contribution in [0.2, 0.25) is 0 Å². The molecular formula is C9H10N4OS. The van der Waals surface area contributed by atoms with Gasteiger partial charge in [0.1, 0.15) is 0 Å². The Morgan fingerprint density at radius 1 is 1.47 bits per heavy atom. The summed E-state index contributed by atoms with van der Waals surface area (Å²) in [5, 5.41) is 3.94. The fraction of sp³-hybridized carbons (Fsp3) is 0.222. The second-order valence-corrected chi connectivity index (χ2v) is 3.90. The zero-order valence-corrected chi connectivity index (χ0v) is 9.21. The Kier molecular flexibility index (Phi) is 2.51. The second-order valence-electron chi connectivity index (χ2n) is 3.01. The van der Waals surface area contributed by atoms with Crippen molar-refractivity contribution in [2.45, 2.75) is 6.92 Å². The van der Waals surface area contributed by atoms with Crippen LogP contribution in [0.3, 0.4) is 0 Å². The molecule has 0 bridgehead atoms. The fourth-order valence-electron chi connectivity index (χ4n) is 1.33. The molecule has 2 aromatic heterocycles. The molecular weight excluding hydrogens is 212 g/mol. The summed E-state index contributed by atoms with van der Waals surface area (Å²) in [6, 6.07) is 0. The standard InChI is InChI=1S/C9H10N4OS/c1-6-3-12-13(10-2)9(14)8(6)7-4-11-5-15-7/h3-5,10H,1-2H3. The molecule has 0 saturated carbocycles. The molecule has 2 rings (SSSR count). The first-order valence-corrected chi connectivity index (χ1v) is 5.27. The molecule has 0 saturated heterocycles. The molecule has 0 fully saturated rings. The largest absolute Gasteiger partial charge is 0.309 e. The molecule has 0 aromatic carbocycles. The van der Waals surface area contributed by atoms with Gasteiger partial charge in [-0.25, -0.2) is 0 Å². The summed E-state index contributed by atoms with van der Waals surface area (Å²) in [4.78, 5) is 18.0. The zero-order chi connectivity index (χ0) is 10.8. The smallest absolute Gasteiger partial charge is 0.294 e. The maximum absolute atomic E-state index is 11.9. The molecule has 15 heavy (non-hydrogen) atoms. The SMILES string of the molecule is CNn1ncc(C)c(-c2cncs2)c1=O. The first-order valence-electron chi connectivity index (χ1n) is 4.39. The molecule has 78 valence electrons. The third-order valence-corrected chi connectivity index (χ3v) is 2.85. The lowest BCUT2D eigenvalue weighted by molar-refractivity contribution is 0.721. The number of hydrogen-bond donors (Lipinski definition) is 1. The van der Waals surface area contributed by atoms with E-state index in [0.29, 0.717) is 5.56 Å².